The highest BCUT2D eigenvalue weighted by Crippen LogP contribution is 2.41. The Bertz CT molecular complexity index is 811. The standard InChI is InChI=1S/C17H15BrN2O/c18-13-5-1-3-11-9-14(21-17(11)13)15(19)12-7-6-10-4-2-8-20-16(10)12/h1-5,8-9,12,15H,6-7,19H2. The fourth-order valence-corrected chi connectivity index (χ4v) is 3.67. The van der Waals surface area contributed by atoms with Crippen molar-refractivity contribution in [2.75, 3.05) is 0 Å². The van der Waals surface area contributed by atoms with Gasteiger partial charge in [-0.2, -0.15) is 0 Å². The molecule has 2 heterocycles. The van der Waals surface area contributed by atoms with Gasteiger partial charge in [-0.3, -0.25) is 4.98 Å². The van der Waals surface area contributed by atoms with E-state index in [-0.39, 0.29) is 12.0 Å². The van der Waals surface area contributed by atoms with E-state index in [9.17, 15) is 0 Å². The van der Waals surface area contributed by atoms with Gasteiger partial charge in [0.1, 0.15) is 11.3 Å². The lowest BCUT2D eigenvalue weighted by atomic mass is 9.95. The molecule has 2 aromatic heterocycles. The molecule has 3 aromatic rings. The second kappa shape index (κ2) is 4.97. The molecule has 0 saturated carbocycles. The van der Waals surface area contributed by atoms with Crippen LogP contribution in [0.1, 0.15) is 35.4 Å². The van der Waals surface area contributed by atoms with Crippen LogP contribution in [0, 0.1) is 0 Å². The smallest absolute Gasteiger partial charge is 0.148 e. The Hall–Kier alpha value is -1.65. The first-order valence-corrected chi connectivity index (χ1v) is 7.90. The van der Waals surface area contributed by atoms with Crippen LogP contribution in [0.2, 0.25) is 0 Å². The number of pyridine rings is 1. The van der Waals surface area contributed by atoms with Crippen LogP contribution in [-0.2, 0) is 6.42 Å². The summed E-state index contributed by atoms with van der Waals surface area (Å²) in [5.41, 5.74) is 9.79. The van der Waals surface area contributed by atoms with Crippen molar-refractivity contribution in [1.82, 2.24) is 4.98 Å². The van der Waals surface area contributed by atoms with Gasteiger partial charge in [-0.15, -0.1) is 0 Å². The molecular weight excluding hydrogens is 328 g/mol. The van der Waals surface area contributed by atoms with Crippen LogP contribution in [0.25, 0.3) is 11.0 Å². The first kappa shape index (κ1) is 13.0. The van der Waals surface area contributed by atoms with Crippen LogP contribution in [0.15, 0.2) is 51.5 Å². The molecule has 106 valence electrons. The van der Waals surface area contributed by atoms with Crippen LogP contribution in [0.3, 0.4) is 0 Å². The number of fused-ring (bicyclic) bond motifs is 2. The summed E-state index contributed by atoms with van der Waals surface area (Å²) in [6.07, 6.45) is 3.93. The highest BCUT2D eigenvalue weighted by molar-refractivity contribution is 9.10. The van der Waals surface area contributed by atoms with Gasteiger partial charge in [0, 0.05) is 23.2 Å². The average Bonchev–Trinajstić information content (AvgIpc) is 3.11. The van der Waals surface area contributed by atoms with Gasteiger partial charge >= 0.3 is 0 Å². The van der Waals surface area contributed by atoms with E-state index in [0.717, 1.165) is 39.7 Å². The zero-order chi connectivity index (χ0) is 14.4. The Kier molecular flexibility index (Phi) is 3.08. The molecular formula is C17H15BrN2O. The lowest BCUT2D eigenvalue weighted by Crippen LogP contribution is -2.18. The Balaban J connectivity index is 1.74. The molecule has 2 atom stereocenters. The van der Waals surface area contributed by atoms with E-state index >= 15 is 0 Å². The van der Waals surface area contributed by atoms with Crippen molar-refractivity contribution in [3.63, 3.8) is 0 Å². The molecule has 0 radical (unpaired) electrons. The molecule has 1 aliphatic rings. The van der Waals surface area contributed by atoms with E-state index in [1.807, 2.05) is 36.5 Å². The minimum atomic E-state index is -0.152. The summed E-state index contributed by atoms with van der Waals surface area (Å²) in [6.45, 7) is 0. The van der Waals surface area contributed by atoms with Crippen molar-refractivity contribution in [2.45, 2.75) is 24.8 Å². The molecule has 0 spiro atoms. The van der Waals surface area contributed by atoms with Crippen molar-refractivity contribution < 1.29 is 4.42 Å². The maximum Gasteiger partial charge on any atom is 0.148 e. The number of rotatable bonds is 2. The van der Waals surface area contributed by atoms with Gasteiger partial charge in [0.2, 0.25) is 0 Å². The molecule has 21 heavy (non-hydrogen) atoms. The molecule has 0 aliphatic heterocycles. The van der Waals surface area contributed by atoms with Gasteiger partial charge in [0.15, 0.2) is 0 Å². The summed E-state index contributed by atoms with van der Waals surface area (Å²) in [6, 6.07) is 12.1. The predicted octanol–water partition coefficient (Wildman–Crippen LogP) is 4.32. The van der Waals surface area contributed by atoms with Crippen molar-refractivity contribution in [3.8, 4) is 0 Å². The minimum Gasteiger partial charge on any atom is -0.458 e. The number of aromatic nitrogens is 1. The quantitative estimate of drug-likeness (QED) is 0.754. The highest BCUT2D eigenvalue weighted by Gasteiger charge is 2.31. The van der Waals surface area contributed by atoms with Gasteiger partial charge in [0.25, 0.3) is 0 Å². The number of aryl methyl sites for hydroxylation is 1. The number of hydrogen-bond acceptors (Lipinski definition) is 3. The van der Waals surface area contributed by atoms with E-state index in [4.69, 9.17) is 10.2 Å². The summed E-state index contributed by atoms with van der Waals surface area (Å²) >= 11 is 3.52. The molecule has 4 heteroatoms. The maximum atomic E-state index is 6.48. The molecule has 1 aliphatic carbocycles. The first-order valence-electron chi connectivity index (χ1n) is 7.11. The Morgan fingerprint density at radius 2 is 2.19 bits per heavy atom. The van der Waals surface area contributed by atoms with Crippen molar-refractivity contribution in [3.05, 3.63) is 64.1 Å². The number of halogens is 1. The predicted molar refractivity (Wildman–Crippen MR) is 86.1 cm³/mol. The van der Waals surface area contributed by atoms with Crippen LogP contribution in [0.5, 0.6) is 0 Å². The number of furan rings is 1. The summed E-state index contributed by atoms with van der Waals surface area (Å²) in [7, 11) is 0. The lowest BCUT2D eigenvalue weighted by molar-refractivity contribution is 0.437. The van der Waals surface area contributed by atoms with E-state index in [1.165, 1.54) is 5.56 Å². The number of benzene rings is 1. The van der Waals surface area contributed by atoms with Crippen molar-refractivity contribution >= 4 is 26.9 Å². The fourth-order valence-electron chi connectivity index (χ4n) is 3.20. The molecule has 2 N–H and O–H groups in total. The van der Waals surface area contributed by atoms with Gasteiger partial charge in [0.05, 0.1) is 10.5 Å². The van der Waals surface area contributed by atoms with E-state index in [0.29, 0.717) is 0 Å². The SMILES string of the molecule is NC(c1cc2cccc(Br)c2o1)C1CCc2cccnc21. The first-order chi connectivity index (χ1) is 10.2. The Morgan fingerprint density at radius 3 is 3.05 bits per heavy atom. The second-order valence-electron chi connectivity index (χ2n) is 5.53. The summed E-state index contributed by atoms with van der Waals surface area (Å²) < 4.78 is 6.95. The number of nitrogens with zero attached hydrogens (tertiary/aromatic N) is 1. The zero-order valence-electron chi connectivity index (χ0n) is 11.4. The van der Waals surface area contributed by atoms with E-state index in [2.05, 4.69) is 27.0 Å². The highest BCUT2D eigenvalue weighted by atomic mass is 79.9. The molecule has 0 amide bonds. The van der Waals surface area contributed by atoms with Gasteiger partial charge in [-0.25, -0.2) is 0 Å². The molecule has 0 saturated heterocycles. The van der Waals surface area contributed by atoms with E-state index in [1.54, 1.807) is 0 Å². The lowest BCUT2D eigenvalue weighted by Gasteiger charge is -2.17. The zero-order valence-corrected chi connectivity index (χ0v) is 13.0. The normalized spacial score (nSPS) is 18.9. The molecule has 1 aromatic carbocycles. The number of para-hydroxylation sites is 1. The summed E-state index contributed by atoms with van der Waals surface area (Å²) in [5.74, 6) is 1.07. The minimum absolute atomic E-state index is 0.152. The largest absolute Gasteiger partial charge is 0.458 e. The molecule has 3 nitrogen and oxygen atoms in total. The summed E-state index contributed by atoms with van der Waals surface area (Å²) in [5, 5.41) is 1.08. The molecule has 2 unspecified atom stereocenters. The topological polar surface area (TPSA) is 52.0 Å². The van der Waals surface area contributed by atoms with Crippen molar-refractivity contribution in [1.29, 1.82) is 0 Å². The average molecular weight is 343 g/mol. The Morgan fingerprint density at radius 1 is 1.29 bits per heavy atom. The number of hydrogen-bond donors (Lipinski definition) is 1. The Labute approximate surface area is 131 Å². The molecule has 0 bridgehead atoms. The van der Waals surface area contributed by atoms with Crippen LogP contribution in [-0.4, -0.2) is 4.98 Å². The van der Waals surface area contributed by atoms with Crippen LogP contribution in [0.4, 0.5) is 0 Å². The second-order valence-corrected chi connectivity index (χ2v) is 6.38. The van der Waals surface area contributed by atoms with Gasteiger partial charge < -0.3 is 10.2 Å². The van der Waals surface area contributed by atoms with Gasteiger partial charge in [-0.1, -0.05) is 18.2 Å². The third-order valence-electron chi connectivity index (χ3n) is 4.28. The monoisotopic (exact) mass is 342 g/mol. The number of nitrogens with two attached hydrogens (primary N) is 1. The van der Waals surface area contributed by atoms with E-state index < -0.39 is 0 Å². The molecule has 4 rings (SSSR count). The summed E-state index contributed by atoms with van der Waals surface area (Å²) in [4.78, 5) is 4.53. The third kappa shape index (κ3) is 2.10. The van der Waals surface area contributed by atoms with Crippen LogP contribution >= 0.6 is 15.9 Å². The fraction of sp³-hybridized carbons (Fsp3) is 0.235. The molecule has 0 fully saturated rings. The van der Waals surface area contributed by atoms with Gasteiger partial charge in [-0.05, 0) is 52.5 Å². The van der Waals surface area contributed by atoms with Crippen molar-refractivity contribution in [2.24, 2.45) is 5.73 Å². The third-order valence-corrected chi connectivity index (χ3v) is 4.90. The maximum absolute atomic E-state index is 6.48. The van der Waals surface area contributed by atoms with Crippen LogP contribution < -0.4 is 5.73 Å².